The highest BCUT2D eigenvalue weighted by molar-refractivity contribution is 6.22. The smallest absolute Gasteiger partial charge is 0.251 e. The molecule has 2 aliphatic heterocycles. The van der Waals surface area contributed by atoms with Crippen LogP contribution >= 0.6 is 0 Å². The van der Waals surface area contributed by atoms with E-state index in [1.165, 1.54) is 29.2 Å². The van der Waals surface area contributed by atoms with Crippen molar-refractivity contribution < 1.29 is 14.0 Å². The van der Waals surface area contributed by atoms with Gasteiger partial charge in [-0.15, -0.1) is 0 Å². The Morgan fingerprint density at radius 3 is 2.44 bits per heavy atom. The molecule has 1 aromatic carbocycles. The fourth-order valence-corrected chi connectivity index (χ4v) is 5.60. The molecule has 0 aromatic heterocycles. The lowest BCUT2D eigenvalue weighted by molar-refractivity contribution is -0.123. The Balaban J connectivity index is 1.59. The minimum Gasteiger partial charge on any atom is -0.288 e. The van der Waals surface area contributed by atoms with Crippen LogP contribution in [0.15, 0.2) is 24.3 Å². The van der Waals surface area contributed by atoms with E-state index in [0.717, 1.165) is 25.8 Å². The molecule has 25 heavy (non-hydrogen) atoms. The van der Waals surface area contributed by atoms with E-state index in [4.69, 9.17) is 0 Å². The van der Waals surface area contributed by atoms with E-state index >= 15 is 0 Å². The number of imide groups is 1. The standard InChI is InChI=1S/C20H25FN2O2/c1-19(2)9-15-10-20(3,11-19)12-22(15)16-8-17(24)23(18(16)25)14-6-4-13(21)5-7-14/h4-7,15-16H,8-12H2,1-3H3/t15-,16-,20+/m0/s1. The van der Waals surface area contributed by atoms with E-state index in [0.29, 0.717) is 11.7 Å². The average molecular weight is 344 g/mol. The van der Waals surface area contributed by atoms with E-state index in [2.05, 4.69) is 25.7 Å². The monoisotopic (exact) mass is 344 g/mol. The van der Waals surface area contributed by atoms with Crippen molar-refractivity contribution in [1.82, 2.24) is 4.90 Å². The molecular formula is C20H25FN2O2. The maximum absolute atomic E-state index is 13.2. The number of rotatable bonds is 2. The van der Waals surface area contributed by atoms with Gasteiger partial charge in [-0.2, -0.15) is 0 Å². The number of carbonyl (C=O) groups excluding carboxylic acids is 2. The fraction of sp³-hybridized carbons (Fsp3) is 0.600. The third kappa shape index (κ3) is 2.78. The lowest BCUT2D eigenvalue weighted by atomic mass is 9.65. The van der Waals surface area contributed by atoms with Crippen LogP contribution in [0, 0.1) is 16.6 Å². The molecule has 1 saturated carbocycles. The van der Waals surface area contributed by atoms with Gasteiger partial charge in [-0.1, -0.05) is 20.8 Å². The summed E-state index contributed by atoms with van der Waals surface area (Å²) in [5, 5.41) is 0. The molecule has 0 unspecified atom stereocenters. The van der Waals surface area contributed by atoms with Crippen molar-refractivity contribution in [1.29, 1.82) is 0 Å². The minimum atomic E-state index is -0.377. The Hall–Kier alpha value is -1.75. The van der Waals surface area contributed by atoms with Crippen LogP contribution in [0.4, 0.5) is 10.1 Å². The van der Waals surface area contributed by atoms with Crippen LogP contribution in [0.1, 0.15) is 46.5 Å². The molecule has 0 spiro atoms. The Kier molecular flexibility index (Phi) is 3.59. The Morgan fingerprint density at radius 1 is 1.08 bits per heavy atom. The number of benzene rings is 1. The predicted molar refractivity (Wildman–Crippen MR) is 93.5 cm³/mol. The highest BCUT2D eigenvalue weighted by Crippen LogP contribution is 2.53. The third-order valence-electron chi connectivity index (χ3n) is 6.06. The lowest BCUT2D eigenvalue weighted by Gasteiger charge is -2.40. The molecule has 3 aliphatic rings. The topological polar surface area (TPSA) is 40.6 Å². The number of hydrogen-bond acceptors (Lipinski definition) is 3. The highest BCUT2D eigenvalue weighted by atomic mass is 19.1. The van der Waals surface area contributed by atoms with Crippen LogP contribution in [0.3, 0.4) is 0 Å². The van der Waals surface area contributed by atoms with Crippen molar-refractivity contribution in [2.45, 2.75) is 58.5 Å². The van der Waals surface area contributed by atoms with E-state index in [1.54, 1.807) is 0 Å². The molecule has 134 valence electrons. The second-order valence-electron chi connectivity index (χ2n) is 9.15. The summed E-state index contributed by atoms with van der Waals surface area (Å²) in [6.45, 7) is 7.78. The largest absolute Gasteiger partial charge is 0.288 e. The number of amides is 2. The average Bonchev–Trinajstić information content (AvgIpc) is 2.92. The van der Waals surface area contributed by atoms with Gasteiger partial charge in [0.25, 0.3) is 5.91 Å². The summed E-state index contributed by atoms with van der Waals surface area (Å²) in [4.78, 5) is 29.0. The maximum Gasteiger partial charge on any atom is 0.251 e. The van der Waals surface area contributed by atoms with Crippen molar-refractivity contribution >= 4 is 17.5 Å². The summed E-state index contributed by atoms with van der Waals surface area (Å²) in [6.07, 6.45) is 3.55. The number of hydrogen-bond donors (Lipinski definition) is 0. The van der Waals surface area contributed by atoms with Gasteiger partial charge in [0, 0.05) is 12.6 Å². The molecule has 2 heterocycles. The molecule has 2 amide bonds. The van der Waals surface area contributed by atoms with Crippen molar-refractivity contribution in [2.75, 3.05) is 11.4 Å². The van der Waals surface area contributed by atoms with Gasteiger partial charge in [0.15, 0.2) is 0 Å². The van der Waals surface area contributed by atoms with E-state index in [1.807, 2.05) is 0 Å². The van der Waals surface area contributed by atoms with Crippen molar-refractivity contribution in [3.05, 3.63) is 30.1 Å². The summed E-state index contributed by atoms with van der Waals surface area (Å²) in [5.74, 6) is -0.721. The van der Waals surface area contributed by atoms with Gasteiger partial charge in [0.2, 0.25) is 5.91 Å². The first-order valence-corrected chi connectivity index (χ1v) is 9.06. The third-order valence-corrected chi connectivity index (χ3v) is 6.06. The Bertz CT molecular complexity index is 730. The molecular weight excluding hydrogens is 319 g/mol. The number of likely N-dealkylation sites (tertiary alicyclic amines) is 1. The Morgan fingerprint density at radius 2 is 1.76 bits per heavy atom. The van der Waals surface area contributed by atoms with Crippen molar-refractivity contribution in [3.63, 3.8) is 0 Å². The minimum absolute atomic E-state index is 0.162. The zero-order valence-electron chi connectivity index (χ0n) is 15.1. The highest BCUT2D eigenvalue weighted by Gasteiger charge is 2.54. The fourth-order valence-electron chi connectivity index (χ4n) is 5.60. The SMILES string of the molecule is CC1(C)C[C@H]2C[C@@](C)(CN2[C@H]2CC(=O)N(c3ccc(F)cc3)C2=O)C1. The van der Waals surface area contributed by atoms with Gasteiger partial charge in [0.05, 0.1) is 18.2 Å². The van der Waals surface area contributed by atoms with Gasteiger partial charge >= 0.3 is 0 Å². The van der Waals surface area contributed by atoms with Crippen LogP contribution in [0.25, 0.3) is 0 Å². The van der Waals surface area contributed by atoms with Crippen molar-refractivity contribution in [2.24, 2.45) is 10.8 Å². The maximum atomic E-state index is 13.2. The molecule has 0 N–H and O–H groups in total. The lowest BCUT2D eigenvalue weighted by Crippen LogP contribution is -2.45. The van der Waals surface area contributed by atoms with Crippen LogP contribution in [-0.2, 0) is 9.59 Å². The summed E-state index contributed by atoms with van der Waals surface area (Å²) < 4.78 is 13.2. The second-order valence-corrected chi connectivity index (χ2v) is 9.15. The van der Waals surface area contributed by atoms with Crippen LogP contribution in [0.5, 0.6) is 0 Å². The molecule has 1 aromatic rings. The van der Waals surface area contributed by atoms with E-state index in [-0.39, 0.29) is 40.9 Å². The van der Waals surface area contributed by atoms with Crippen LogP contribution < -0.4 is 4.90 Å². The number of nitrogens with zero attached hydrogens (tertiary/aromatic N) is 2. The first-order chi connectivity index (χ1) is 11.7. The van der Waals surface area contributed by atoms with Crippen molar-refractivity contribution in [3.8, 4) is 0 Å². The number of carbonyl (C=O) groups is 2. The molecule has 3 fully saturated rings. The zero-order valence-corrected chi connectivity index (χ0v) is 15.1. The number of halogens is 1. The molecule has 0 radical (unpaired) electrons. The molecule has 5 heteroatoms. The Labute approximate surface area is 148 Å². The summed E-state index contributed by atoms with van der Waals surface area (Å²) in [7, 11) is 0. The number of anilines is 1. The molecule has 2 bridgehead atoms. The second kappa shape index (κ2) is 5.37. The molecule has 4 rings (SSSR count). The summed E-state index contributed by atoms with van der Waals surface area (Å²) in [6, 6.07) is 5.56. The quantitative estimate of drug-likeness (QED) is 0.773. The van der Waals surface area contributed by atoms with E-state index < -0.39 is 0 Å². The number of fused-ring (bicyclic) bond motifs is 2. The van der Waals surface area contributed by atoms with Gasteiger partial charge in [0.1, 0.15) is 5.82 Å². The zero-order chi connectivity index (χ0) is 18.0. The first kappa shape index (κ1) is 16.7. The predicted octanol–water partition coefficient (Wildman–Crippen LogP) is 3.36. The molecule has 2 saturated heterocycles. The van der Waals surface area contributed by atoms with Gasteiger partial charge < -0.3 is 0 Å². The van der Waals surface area contributed by atoms with Crippen LogP contribution in [-0.4, -0.2) is 35.3 Å². The molecule has 3 atom stereocenters. The normalized spacial score (nSPS) is 34.8. The van der Waals surface area contributed by atoms with E-state index in [9.17, 15) is 14.0 Å². The van der Waals surface area contributed by atoms with Gasteiger partial charge in [-0.3, -0.25) is 14.5 Å². The van der Waals surface area contributed by atoms with Crippen LogP contribution in [0.2, 0.25) is 0 Å². The first-order valence-electron chi connectivity index (χ1n) is 9.06. The van der Waals surface area contributed by atoms with Gasteiger partial charge in [-0.25, -0.2) is 9.29 Å². The summed E-state index contributed by atoms with van der Waals surface area (Å²) in [5.41, 5.74) is 0.959. The molecule has 4 nitrogen and oxygen atoms in total. The molecule has 1 aliphatic carbocycles. The van der Waals surface area contributed by atoms with Gasteiger partial charge in [-0.05, 0) is 54.4 Å². The summed E-state index contributed by atoms with van der Waals surface area (Å²) >= 11 is 0.